The maximum absolute atomic E-state index is 10.5. The lowest BCUT2D eigenvalue weighted by molar-refractivity contribution is -0.425. The molecule has 0 amide bonds. The van der Waals surface area contributed by atoms with Crippen molar-refractivity contribution < 1.29 is 4.92 Å². The first-order chi connectivity index (χ1) is 6.63. The van der Waals surface area contributed by atoms with Gasteiger partial charge in [0.1, 0.15) is 5.82 Å². The quantitative estimate of drug-likeness (QED) is 0.542. The summed E-state index contributed by atoms with van der Waals surface area (Å²) in [5.41, 5.74) is 0.731. The Hall–Kier alpha value is -1.78. The lowest BCUT2D eigenvalue weighted by Gasteiger charge is -1.95. The number of nitrogens with zero attached hydrogens (tertiary/aromatic N) is 3. The van der Waals surface area contributed by atoms with Crippen LogP contribution in [0.5, 0.6) is 0 Å². The van der Waals surface area contributed by atoms with Crippen LogP contribution in [0.15, 0.2) is 18.0 Å². The highest BCUT2D eigenvalue weighted by Gasteiger charge is 2.07. The fourth-order valence-corrected chi connectivity index (χ4v) is 1.01. The van der Waals surface area contributed by atoms with Crippen LogP contribution in [0.4, 0.5) is 0 Å². The van der Waals surface area contributed by atoms with E-state index in [1.807, 2.05) is 0 Å². The molecule has 1 heterocycles. The second-order valence-corrected chi connectivity index (χ2v) is 2.78. The second kappa shape index (κ2) is 4.45. The first kappa shape index (κ1) is 10.3. The first-order valence-electron chi connectivity index (χ1n) is 4.28. The van der Waals surface area contributed by atoms with Crippen LogP contribution >= 0.6 is 0 Å². The van der Waals surface area contributed by atoms with Crippen molar-refractivity contribution in [2.45, 2.75) is 20.3 Å². The Morgan fingerprint density at radius 2 is 2.43 bits per heavy atom. The number of hydrogen-bond acceptors (Lipinski definition) is 4. The van der Waals surface area contributed by atoms with Crippen molar-refractivity contribution in [2.24, 2.45) is 0 Å². The van der Waals surface area contributed by atoms with Crippen molar-refractivity contribution in [1.82, 2.24) is 9.97 Å². The van der Waals surface area contributed by atoms with Gasteiger partial charge in [0.25, 0.3) is 0 Å². The van der Waals surface area contributed by atoms with Crippen molar-refractivity contribution in [3.63, 3.8) is 0 Å². The number of aromatic nitrogens is 2. The van der Waals surface area contributed by atoms with Gasteiger partial charge in [0, 0.05) is 18.7 Å². The van der Waals surface area contributed by atoms with Crippen LogP contribution in [0, 0.1) is 17.0 Å². The summed E-state index contributed by atoms with van der Waals surface area (Å²) < 4.78 is 0. The fraction of sp³-hybridized carbons (Fsp3) is 0.333. The molecule has 1 rings (SSSR count). The Balaban J connectivity index is 3.00. The van der Waals surface area contributed by atoms with Crippen LogP contribution in [0.1, 0.15) is 24.9 Å². The van der Waals surface area contributed by atoms with Crippen LogP contribution in [-0.2, 0) is 0 Å². The van der Waals surface area contributed by atoms with E-state index in [4.69, 9.17) is 0 Å². The molecule has 0 radical (unpaired) electrons. The third kappa shape index (κ3) is 2.62. The average Bonchev–Trinajstić information content (AvgIpc) is 2.14. The van der Waals surface area contributed by atoms with Crippen molar-refractivity contribution in [3.05, 3.63) is 39.6 Å². The van der Waals surface area contributed by atoms with Crippen LogP contribution in [0.3, 0.4) is 0 Å². The lowest BCUT2D eigenvalue weighted by atomic mass is 10.3. The van der Waals surface area contributed by atoms with E-state index in [0.29, 0.717) is 17.9 Å². The molecule has 74 valence electrons. The summed E-state index contributed by atoms with van der Waals surface area (Å²) in [6.07, 6.45) is 3.44. The summed E-state index contributed by atoms with van der Waals surface area (Å²) in [4.78, 5) is 18.1. The van der Waals surface area contributed by atoms with Crippen LogP contribution in [-0.4, -0.2) is 14.9 Å². The molecule has 0 aliphatic rings. The summed E-state index contributed by atoms with van der Waals surface area (Å²) in [7, 11) is 0. The van der Waals surface area contributed by atoms with Gasteiger partial charge in [0.15, 0.2) is 0 Å². The highest BCUT2D eigenvalue weighted by Crippen LogP contribution is 2.07. The third-order valence-electron chi connectivity index (χ3n) is 1.71. The topological polar surface area (TPSA) is 68.9 Å². The van der Waals surface area contributed by atoms with Crippen LogP contribution in [0.25, 0.3) is 6.08 Å². The molecular formula is C9H11N3O2. The van der Waals surface area contributed by atoms with Crippen molar-refractivity contribution in [2.75, 3.05) is 0 Å². The molecule has 5 nitrogen and oxygen atoms in total. The van der Waals surface area contributed by atoms with Crippen molar-refractivity contribution >= 4 is 6.08 Å². The van der Waals surface area contributed by atoms with Gasteiger partial charge in [-0.2, -0.15) is 0 Å². The zero-order valence-corrected chi connectivity index (χ0v) is 8.10. The van der Waals surface area contributed by atoms with Gasteiger partial charge >= 0.3 is 0 Å². The predicted octanol–water partition coefficient (Wildman–Crippen LogP) is 1.81. The van der Waals surface area contributed by atoms with E-state index in [1.165, 1.54) is 6.08 Å². The molecule has 1 aromatic heterocycles. The van der Waals surface area contributed by atoms with Crippen molar-refractivity contribution in [1.29, 1.82) is 0 Å². The third-order valence-corrected chi connectivity index (χ3v) is 1.71. The molecular weight excluding hydrogens is 182 g/mol. The molecule has 0 aromatic carbocycles. The Morgan fingerprint density at radius 1 is 1.71 bits per heavy atom. The summed E-state index contributed by atoms with van der Waals surface area (Å²) in [6.45, 7) is 3.48. The standard InChI is InChI=1S/C9H11N3O2/c1-3-9(12(13)14)6-8-4-5-10-7(2)11-8/h4-6H,3H2,1-2H3/b9-6-. The molecule has 0 fully saturated rings. The zero-order chi connectivity index (χ0) is 10.6. The largest absolute Gasteiger partial charge is 0.259 e. The Kier molecular flexibility index (Phi) is 3.28. The minimum Gasteiger partial charge on any atom is -0.259 e. The number of allylic oxidation sites excluding steroid dienone is 1. The molecule has 5 heteroatoms. The zero-order valence-electron chi connectivity index (χ0n) is 8.10. The normalized spacial score (nSPS) is 11.4. The SMILES string of the molecule is CC/C(=C/c1ccnc(C)n1)[N+](=O)[O-]. The van der Waals surface area contributed by atoms with Gasteiger partial charge in [0.2, 0.25) is 5.70 Å². The van der Waals surface area contributed by atoms with Gasteiger partial charge < -0.3 is 0 Å². The summed E-state index contributed by atoms with van der Waals surface area (Å²) >= 11 is 0. The van der Waals surface area contributed by atoms with E-state index >= 15 is 0 Å². The van der Waals surface area contributed by atoms with E-state index in [9.17, 15) is 10.1 Å². The fourth-order valence-electron chi connectivity index (χ4n) is 1.01. The predicted molar refractivity (Wildman–Crippen MR) is 52.0 cm³/mol. The first-order valence-corrected chi connectivity index (χ1v) is 4.28. The summed E-state index contributed by atoms with van der Waals surface area (Å²) in [6, 6.07) is 1.64. The van der Waals surface area contributed by atoms with Crippen LogP contribution in [0.2, 0.25) is 0 Å². The molecule has 0 aliphatic heterocycles. The van der Waals surface area contributed by atoms with Gasteiger partial charge in [-0.05, 0) is 13.0 Å². The molecule has 0 atom stereocenters. The lowest BCUT2D eigenvalue weighted by Crippen LogP contribution is -1.98. The maximum Gasteiger partial charge on any atom is 0.248 e. The highest BCUT2D eigenvalue weighted by molar-refractivity contribution is 5.45. The second-order valence-electron chi connectivity index (χ2n) is 2.78. The van der Waals surface area contributed by atoms with Crippen LogP contribution < -0.4 is 0 Å². The van der Waals surface area contributed by atoms with E-state index in [-0.39, 0.29) is 5.70 Å². The Labute approximate surface area is 81.7 Å². The molecule has 0 saturated heterocycles. The number of hydrogen-bond donors (Lipinski definition) is 0. The maximum atomic E-state index is 10.5. The number of rotatable bonds is 3. The van der Waals surface area contributed by atoms with Crippen molar-refractivity contribution in [3.8, 4) is 0 Å². The molecule has 0 bridgehead atoms. The van der Waals surface area contributed by atoms with E-state index in [1.54, 1.807) is 26.1 Å². The van der Waals surface area contributed by atoms with Gasteiger partial charge in [0.05, 0.1) is 10.6 Å². The van der Waals surface area contributed by atoms with E-state index in [0.717, 1.165) is 0 Å². The van der Waals surface area contributed by atoms with Gasteiger partial charge in [-0.3, -0.25) is 10.1 Å². The number of aryl methyl sites for hydroxylation is 1. The molecule has 1 aromatic rings. The summed E-state index contributed by atoms with van der Waals surface area (Å²) in [5.74, 6) is 0.609. The van der Waals surface area contributed by atoms with Gasteiger partial charge in [-0.25, -0.2) is 9.97 Å². The van der Waals surface area contributed by atoms with E-state index < -0.39 is 4.92 Å². The minimum absolute atomic E-state index is 0.156. The van der Waals surface area contributed by atoms with Gasteiger partial charge in [-0.15, -0.1) is 0 Å². The smallest absolute Gasteiger partial charge is 0.248 e. The molecule has 0 unspecified atom stereocenters. The monoisotopic (exact) mass is 193 g/mol. The average molecular weight is 193 g/mol. The molecule has 0 spiro atoms. The molecule has 0 N–H and O–H groups in total. The minimum atomic E-state index is -0.391. The Morgan fingerprint density at radius 3 is 2.93 bits per heavy atom. The number of nitro groups is 1. The highest BCUT2D eigenvalue weighted by atomic mass is 16.6. The summed E-state index contributed by atoms with van der Waals surface area (Å²) in [5, 5.41) is 10.5. The molecule has 0 aliphatic carbocycles. The van der Waals surface area contributed by atoms with Gasteiger partial charge in [-0.1, -0.05) is 6.92 Å². The molecule has 14 heavy (non-hydrogen) atoms. The van der Waals surface area contributed by atoms with E-state index in [2.05, 4.69) is 9.97 Å². The Bertz CT molecular complexity index is 374. The molecule has 0 saturated carbocycles.